The summed E-state index contributed by atoms with van der Waals surface area (Å²) in [5.74, 6) is -0.899. The third kappa shape index (κ3) is 1.52. The quantitative estimate of drug-likeness (QED) is 0.586. The van der Waals surface area contributed by atoms with Crippen molar-refractivity contribution >= 4 is 11.9 Å². The lowest BCUT2D eigenvalue weighted by Gasteiger charge is -2.30. The zero-order valence-electron chi connectivity index (χ0n) is 9.36. The molecule has 2 aliphatic carbocycles. The van der Waals surface area contributed by atoms with Gasteiger partial charge in [0.05, 0.1) is 0 Å². The lowest BCUT2D eigenvalue weighted by Crippen LogP contribution is -2.40. The maximum atomic E-state index is 11.4. The molecule has 2 rings (SSSR count). The third-order valence-electron chi connectivity index (χ3n) is 3.84. The second kappa shape index (κ2) is 3.61. The van der Waals surface area contributed by atoms with Gasteiger partial charge in [0.2, 0.25) is 0 Å². The fraction of sp³-hybridized carbons (Fsp3) is 0.667. The largest absolute Gasteiger partial charge is 0.481 e. The van der Waals surface area contributed by atoms with Gasteiger partial charge in [-0.05, 0) is 38.5 Å². The van der Waals surface area contributed by atoms with Crippen LogP contribution in [0.15, 0.2) is 12.2 Å². The van der Waals surface area contributed by atoms with Gasteiger partial charge in [-0.25, -0.2) is 4.79 Å². The standard InChI is InChI=1S/C12H16O4/c1-7(2)10(13)16-9-5-8-3-4-12(9,6-8)11(14)15/h8-9H,1,3-6H2,2H3,(H,14,15). The molecule has 4 heteroatoms. The molecular weight excluding hydrogens is 208 g/mol. The van der Waals surface area contributed by atoms with Gasteiger partial charge in [-0.15, -0.1) is 0 Å². The number of hydrogen-bond donors (Lipinski definition) is 1. The number of hydrogen-bond acceptors (Lipinski definition) is 3. The van der Waals surface area contributed by atoms with Crippen molar-refractivity contribution in [1.29, 1.82) is 0 Å². The number of carbonyl (C=O) groups is 2. The van der Waals surface area contributed by atoms with Gasteiger partial charge in [-0.1, -0.05) is 6.58 Å². The predicted octanol–water partition coefficient (Wildman–Crippen LogP) is 1.75. The topological polar surface area (TPSA) is 63.6 Å². The molecule has 2 saturated carbocycles. The predicted molar refractivity (Wildman–Crippen MR) is 56.7 cm³/mol. The van der Waals surface area contributed by atoms with E-state index in [0.29, 0.717) is 30.8 Å². The van der Waals surface area contributed by atoms with Gasteiger partial charge in [-0.3, -0.25) is 4.79 Å². The van der Waals surface area contributed by atoms with E-state index in [9.17, 15) is 14.7 Å². The summed E-state index contributed by atoms with van der Waals surface area (Å²) in [7, 11) is 0. The van der Waals surface area contributed by atoms with Crippen LogP contribution in [0.3, 0.4) is 0 Å². The monoisotopic (exact) mass is 224 g/mol. The van der Waals surface area contributed by atoms with Crippen LogP contribution in [0.4, 0.5) is 0 Å². The highest BCUT2D eigenvalue weighted by Gasteiger charge is 2.59. The molecule has 3 unspecified atom stereocenters. The Kier molecular flexibility index (Phi) is 2.52. The van der Waals surface area contributed by atoms with Crippen molar-refractivity contribution in [3.05, 3.63) is 12.2 Å². The van der Waals surface area contributed by atoms with Crippen LogP contribution in [-0.4, -0.2) is 23.1 Å². The van der Waals surface area contributed by atoms with Gasteiger partial charge in [-0.2, -0.15) is 0 Å². The minimum atomic E-state index is -0.827. The average Bonchev–Trinajstić information content (AvgIpc) is 2.75. The Hall–Kier alpha value is -1.32. The number of aliphatic carboxylic acids is 1. The maximum absolute atomic E-state index is 11.4. The molecule has 2 bridgehead atoms. The van der Waals surface area contributed by atoms with Crippen LogP contribution in [0, 0.1) is 11.3 Å². The Morgan fingerprint density at radius 2 is 2.19 bits per heavy atom. The molecule has 0 aromatic carbocycles. The van der Waals surface area contributed by atoms with Gasteiger partial charge in [0.1, 0.15) is 11.5 Å². The van der Waals surface area contributed by atoms with Crippen LogP contribution in [-0.2, 0) is 14.3 Å². The van der Waals surface area contributed by atoms with Gasteiger partial charge < -0.3 is 9.84 Å². The summed E-state index contributed by atoms with van der Waals surface area (Å²) in [5, 5.41) is 9.30. The Bertz CT molecular complexity index is 360. The molecule has 0 saturated heterocycles. The minimum Gasteiger partial charge on any atom is -0.481 e. The van der Waals surface area contributed by atoms with Crippen LogP contribution in [0.2, 0.25) is 0 Å². The van der Waals surface area contributed by atoms with Gasteiger partial charge in [0.15, 0.2) is 0 Å². The molecule has 3 atom stereocenters. The van der Waals surface area contributed by atoms with E-state index in [1.54, 1.807) is 6.92 Å². The van der Waals surface area contributed by atoms with Crippen molar-refractivity contribution in [2.24, 2.45) is 11.3 Å². The molecule has 0 aromatic heterocycles. The van der Waals surface area contributed by atoms with Crippen LogP contribution in [0.5, 0.6) is 0 Å². The number of ether oxygens (including phenoxy) is 1. The lowest BCUT2D eigenvalue weighted by atomic mass is 9.81. The van der Waals surface area contributed by atoms with E-state index in [4.69, 9.17) is 4.74 Å². The molecule has 0 aromatic rings. The number of fused-ring (bicyclic) bond motifs is 2. The van der Waals surface area contributed by atoms with Crippen molar-refractivity contribution in [3.63, 3.8) is 0 Å². The molecule has 4 nitrogen and oxygen atoms in total. The van der Waals surface area contributed by atoms with Gasteiger partial charge in [0, 0.05) is 5.57 Å². The van der Waals surface area contributed by atoms with Gasteiger partial charge in [0.25, 0.3) is 0 Å². The molecular formula is C12H16O4. The van der Waals surface area contributed by atoms with E-state index in [0.717, 1.165) is 6.42 Å². The number of esters is 1. The van der Waals surface area contributed by atoms with Crippen molar-refractivity contribution in [2.75, 3.05) is 0 Å². The second-order valence-electron chi connectivity index (χ2n) is 4.98. The Morgan fingerprint density at radius 1 is 1.50 bits per heavy atom. The fourth-order valence-electron chi connectivity index (χ4n) is 2.93. The lowest BCUT2D eigenvalue weighted by molar-refractivity contribution is -0.164. The molecule has 2 aliphatic rings. The maximum Gasteiger partial charge on any atom is 0.333 e. The smallest absolute Gasteiger partial charge is 0.333 e. The summed E-state index contributed by atoms with van der Waals surface area (Å²) < 4.78 is 5.25. The SMILES string of the molecule is C=C(C)C(=O)OC1CC2CCC1(C(=O)O)C2. The van der Waals surface area contributed by atoms with Crippen LogP contribution >= 0.6 is 0 Å². The fourth-order valence-corrected chi connectivity index (χ4v) is 2.93. The van der Waals surface area contributed by atoms with Crippen LogP contribution in [0.25, 0.3) is 0 Å². The highest BCUT2D eigenvalue weighted by molar-refractivity contribution is 5.87. The summed E-state index contributed by atoms with van der Waals surface area (Å²) in [6.45, 7) is 5.08. The molecule has 16 heavy (non-hydrogen) atoms. The average molecular weight is 224 g/mol. The Morgan fingerprint density at radius 3 is 2.69 bits per heavy atom. The first-order chi connectivity index (χ1) is 7.45. The molecule has 0 aliphatic heterocycles. The van der Waals surface area contributed by atoms with E-state index in [1.807, 2.05) is 0 Å². The highest BCUT2D eigenvalue weighted by Crippen LogP contribution is 2.55. The minimum absolute atomic E-state index is 0.323. The van der Waals surface area contributed by atoms with Crippen molar-refractivity contribution in [3.8, 4) is 0 Å². The number of rotatable bonds is 3. The first-order valence-electron chi connectivity index (χ1n) is 5.55. The van der Waals surface area contributed by atoms with E-state index in [1.165, 1.54) is 0 Å². The van der Waals surface area contributed by atoms with Crippen molar-refractivity contribution < 1.29 is 19.4 Å². The van der Waals surface area contributed by atoms with Gasteiger partial charge >= 0.3 is 11.9 Å². The second-order valence-corrected chi connectivity index (χ2v) is 4.98. The molecule has 0 heterocycles. The van der Waals surface area contributed by atoms with E-state index >= 15 is 0 Å². The summed E-state index contributed by atoms with van der Waals surface area (Å²) in [6.07, 6.45) is 2.43. The first kappa shape index (κ1) is 11.2. The van der Waals surface area contributed by atoms with Crippen molar-refractivity contribution in [1.82, 2.24) is 0 Å². The normalized spacial score (nSPS) is 36.1. The van der Waals surface area contributed by atoms with Crippen molar-refractivity contribution in [2.45, 2.75) is 38.7 Å². The Labute approximate surface area is 94.3 Å². The number of carbonyl (C=O) groups excluding carboxylic acids is 1. The summed E-state index contributed by atoms with van der Waals surface area (Å²) >= 11 is 0. The highest BCUT2D eigenvalue weighted by atomic mass is 16.5. The zero-order chi connectivity index (χ0) is 11.9. The molecule has 0 spiro atoms. The Balaban J connectivity index is 2.14. The summed E-state index contributed by atoms with van der Waals surface area (Å²) in [4.78, 5) is 22.8. The summed E-state index contributed by atoms with van der Waals surface area (Å²) in [6, 6.07) is 0. The van der Waals surface area contributed by atoms with E-state index < -0.39 is 23.5 Å². The van der Waals surface area contributed by atoms with E-state index in [2.05, 4.69) is 6.58 Å². The van der Waals surface area contributed by atoms with Crippen LogP contribution < -0.4 is 0 Å². The number of carboxylic acids is 1. The molecule has 0 radical (unpaired) electrons. The molecule has 0 amide bonds. The first-order valence-corrected chi connectivity index (χ1v) is 5.55. The summed E-state index contributed by atoms with van der Waals surface area (Å²) in [5.41, 5.74) is -0.501. The third-order valence-corrected chi connectivity index (χ3v) is 3.84. The number of carboxylic acid groups (broad SMARTS) is 1. The van der Waals surface area contributed by atoms with Crippen LogP contribution in [0.1, 0.15) is 32.6 Å². The van der Waals surface area contributed by atoms with E-state index in [-0.39, 0.29) is 0 Å². The zero-order valence-corrected chi connectivity index (χ0v) is 9.36. The molecule has 88 valence electrons. The molecule has 1 N–H and O–H groups in total. The molecule has 2 fully saturated rings.